The van der Waals surface area contributed by atoms with E-state index in [1.165, 1.54) is 31.2 Å². The highest BCUT2D eigenvalue weighted by Crippen LogP contribution is 2.23. The zero-order chi connectivity index (χ0) is 20.0. The minimum Gasteiger partial charge on any atom is -0.378 e. The Morgan fingerprint density at radius 1 is 1.14 bits per heavy atom. The van der Waals surface area contributed by atoms with Crippen molar-refractivity contribution in [2.45, 2.75) is 64.5 Å². The second-order valence-corrected chi connectivity index (χ2v) is 8.88. The van der Waals surface area contributed by atoms with E-state index in [1.807, 2.05) is 17.0 Å². The van der Waals surface area contributed by atoms with Crippen molar-refractivity contribution in [2.75, 3.05) is 26.2 Å². The molecule has 0 radical (unpaired) electrons. The van der Waals surface area contributed by atoms with Crippen LogP contribution in [0.1, 0.15) is 63.5 Å². The molecule has 0 aromatic heterocycles. The number of carbonyl (C=O) groups excluding carboxylic acids is 1. The van der Waals surface area contributed by atoms with Gasteiger partial charge in [0.15, 0.2) is 0 Å². The molecule has 2 fully saturated rings. The molecule has 1 aromatic rings. The lowest BCUT2D eigenvalue weighted by atomic mass is 9.93. The first-order valence-electron chi connectivity index (χ1n) is 10.7. The lowest BCUT2D eigenvalue weighted by Crippen LogP contribution is -2.35. The molecular weight excluding hydrogens is 348 g/mol. The molecular formula is C24H34N2O2. The van der Waals surface area contributed by atoms with Gasteiger partial charge in [0.25, 0.3) is 0 Å². The van der Waals surface area contributed by atoms with Gasteiger partial charge in [-0.1, -0.05) is 24.0 Å². The Kier molecular flexibility index (Phi) is 7.15. The number of amides is 1. The summed E-state index contributed by atoms with van der Waals surface area (Å²) in [5.41, 5.74) is 1.27. The summed E-state index contributed by atoms with van der Waals surface area (Å²) in [7, 11) is 0. The normalized spacial score (nSPS) is 20.7. The van der Waals surface area contributed by atoms with E-state index < -0.39 is 5.60 Å². The molecule has 2 aliphatic rings. The minimum absolute atomic E-state index is 0.359. The van der Waals surface area contributed by atoms with Gasteiger partial charge in [0.2, 0.25) is 5.91 Å². The van der Waals surface area contributed by atoms with Crippen LogP contribution < -0.4 is 0 Å². The van der Waals surface area contributed by atoms with Crippen LogP contribution in [0.15, 0.2) is 24.3 Å². The Morgan fingerprint density at radius 2 is 1.86 bits per heavy atom. The summed E-state index contributed by atoms with van der Waals surface area (Å²) in [6.07, 6.45) is 6.55. The maximum absolute atomic E-state index is 12.3. The predicted molar refractivity (Wildman–Crippen MR) is 113 cm³/mol. The van der Waals surface area contributed by atoms with Crippen LogP contribution in [0.5, 0.6) is 0 Å². The van der Waals surface area contributed by atoms with Crippen LogP contribution in [0.3, 0.4) is 0 Å². The van der Waals surface area contributed by atoms with E-state index in [0.717, 1.165) is 44.7 Å². The molecule has 0 aliphatic carbocycles. The quantitative estimate of drug-likeness (QED) is 0.794. The highest BCUT2D eigenvalue weighted by Gasteiger charge is 2.23. The molecule has 4 heteroatoms. The minimum atomic E-state index is -0.961. The lowest BCUT2D eigenvalue weighted by molar-refractivity contribution is -0.130. The van der Waals surface area contributed by atoms with E-state index in [-0.39, 0.29) is 0 Å². The van der Waals surface area contributed by atoms with Crippen molar-refractivity contribution in [2.24, 2.45) is 5.92 Å². The smallest absolute Gasteiger partial charge is 0.222 e. The summed E-state index contributed by atoms with van der Waals surface area (Å²) in [5.74, 6) is 6.87. The van der Waals surface area contributed by atoms with Crippen molar-refractivity contribution in [1.82, 2.24) is 9.80 Å². The van der Waals surface area contributed by atoms with Gasteiger partial charge in [0.1, 0.15) is 5.60 Å². The molecule has 28 heavy (non-hydrogen) atoms. The average molecular weight is 383 g/mol. The van der Waals surface area contributed by atoms with E-state index in [0.29, 0.717) is 18.2 Å². The van der Waals surface area contributed by atoms with Crippen LogP contribution in [0.25, 0.3) is 0 Å². The van der Waals surface area contributed by atoms with Gasteiger partial charge < -0.3 is 10.0 Å². The largest absolute Gasteiger partial charge is 0.378 e. The van der Waals surface area contributed by atoms with Crippen molar-refractivity contribution < 1.29 is 9.90 Å². The van der Waals surface area contributed by atoms with Crippen LogP contribution >= 0.6 is 0 Å². The van der Waals surface area contributed by atoms with Gasteiger partial charge in [-0.25, -0.2) is 0 Å². The molecule has 1 atom stereocenters. The summed E-state index contributed by atoms with van der Waals surface area (Å²) >= 11 is 0. The van der Waals surface area contributed by atoms with Gasteiger partial charge in [-0.15, -0.1) is 0 Å². The number of likely N-dealkylation sites (tertiary alicyclic amines) is 2. The van der Waals surface area contributed by atoms with Crippen LogP contribution in [0, 0.1) is 17.8 Å². The molecule has 2 heterocycles. The Balaban J connectivity index is 1.46. The first-order valence-corrected chi connectivity index (χ1v) is 10.7. The van der Waals surface area contributed by atoms with Crippen LogP contribution in [-0.2, 0) is 11.3 Å². The second kappa shape index (κ2) is 9.58. The first-order chi connectivity index (χ1) is 13.4. The second-order valence-electron chi connectivity index (χ2n) is 8.88. The fourth-order valence-electron chi connectivity index (χ4n) is 4.16. The van der Waals surface area contributed by atoms with E-state index in [2.05, 4.69) is 28.9 Å². The predicted octanol–water partition coefficient (Wildman–Crippen LogP) is 3.42. The number of piperidine rings is 1. The number of hydrogen-bond acceptors (Lipinski definition) is 3. The molecule has 0 spiro atoms. The molecule has 2 aliphatic heterocycles. The monoisotopic (exact) mass is 382 g/mol. The highest BCUT2D eigenvalue weighted by molar-refractivity contribution is 5.76. The van der Waals surface area contributed by atoms with Crippen molar-refractivity contribution >= 4 is 5.91 Å². The Labute approximate surface area is 169 Å². The lowest BCUT2D eigenvalue weighted by Gasteiger charge is -2.33. The van der Waals surface area contributed by atoms with Crippen molar-refractivity contribution in [1.29, 1.82) is 0 Å². The summed E-state index contributed by atoms with van der Waals surface area (Å²) in [4.78, 5) is 16.9. The van der Waals surface area contributed by atoms with Gasteiger partial charge in [-0.05, 0) is 76.1 Å². The summed E-state index contributed by atoms with van der Waals surface area (Å²) < 4.78 is 0. The first kappa shape index (κ1) is 20.9. The molecule has 0 unspecified atom stereocenters. The number of hydrogen-bond donors (Lipinski definition) is 1. The fourth-order valence-corrected chi connectivity index (χ4v) is 4.16. The van der Waals surface area contributed by atoms with Crippen molar-refractivity contribution in [3.05, 3.63) is 35.4 Å². The standard InChI is InChI=1S/C24H34N2O2/c1-24(2,28)14-13-20-7-9-22(10-8-20)19-25-15-5-6-21(18-25)11-12-23(27)26-16-3-4-17-26/h7-10,21,28H,3-6,11-12,15-19H2,1-2H3/t21-/m0/s1. The third kappa shape index (κ3) is 6.65. The molecule has 1 N–H and O–H groups in total. The average Bonchev–Trinajstić information content (AvgIpc) is 3.20. The van der Waals surface area contributed by atoms with Gasteiger partial charge >= 0.3 is 0 Å². The number of carbonyl (C=O) groups is 1. The molecule has 4 nitrogen and oxygen atoms in total. The molecule has 2 saturated heterocycles. The van der Waals surface area contributed by atoms with Gasteiger partial charge in [0.05, 0.1) is 0 Å². The summed E-state index contributed by atoms with van der Waals surface area (Å²) in [6.45, 7) is 8.50. The highest BCUT2D eigenvalue weighted by atomic mass is 16.3. The number of benzene rings is 1. The third-order valence-electron chi connectivity index (χ3n) is 5.70. The molecule has 3 rings (SSSR count). The van der Waals surface area contributed by atoms with Crippen molar-refractivity contribution in [3.63, 3.8) is 0 Å². The van der Waals surface area contributed by atoms with E-state index in [4.69, 9.17) is 0 Å². The van der Waals surface area contributed by atoms with Gasteiger partial charge in [-0.2, -0.15) is 0 Å². The topological polar surface area (TPSA) is 43.8 Å². The summed E-state index contributed by atoms with van der Waals surface area (Å²) in [5, 5.41) is 9.71. The molecule has 1 amide bonds. The van der Waals surface area contributed by atoms with Crippen LogP contribution in [-0.4, -0.2) is 52.6 Å². The maximum Gasteiger partial charge on any atom is 0.222 e. The van der Waals surface area contributed by atoms with Crippen molar-refractivity contribution in [3.8, 4) is 11.8 Å². The van der Waals surface area contributed by atoms with E-state index >= 15 is 0 Å². The van der Waals surface area contributed by atoms with E-state index in [9.17, 15) is 9.90 Å². The summed E-state index contributed by atoms with van der Waals surface area (Å²) in [6, 6.07) is 8.33. The maximum atomic E-state index is 12.3. The third-order valence-corrected chi connectivity index (χ3v) is 5.70. The zero-order valence-corrected chi connectivity index (χ0v) is 17.4. The number of aliphatic hydroxyl groups is 1. The Hall–Kier alpha value is -1.83. The fraction of sp³-hybridized carbons (Fsp3) is 0.625. The molecule has 1 aromatic carbocycles. The van der Waals surface area contributed by atoms with Gasteiger partial charge in [-0.3, -0.25) is 9.69 Å². The zero-order valence-electron chi connectivity index (χ0n) is 17.4. The molecule has 0 bridgehead atoms. The molecule has 0 saturated carbocycles. The number of nitrogens with zero attached hydrogens (tertiary/aromatic N) is 2. The Bertz CT molecular complexity index is 703. The SMILES string of the molecule is CC(C)(O)C#Cc1ccc(CN2CCC[C@@H](CCC(=O)N3CCCC3)C2)cc1. The Morgan fingerprint density at radius 3 is 2.54 bits per heavy atom. The van der Waals surface area contributed by atoms with Crippen LogP contribution in [0.2, 0.25) is 0 Å². The van der Waals surface area contributed by atoms with E-state index in [1.54, 1.807) is 13.8 Å². The van der Waals surface area contributed by atoms with Crippen LogP contribution in [0.4, 0.5) is 0 Å². The number of rotatable bonds is 5. The van der Waals surface area contributed by atoms with Gasteiger partial charge in [0, 0.05) is 38.2 Å². The molecule has 152 valence electrons.